The summed E-state index contributed by atoms with van der Waals surface area (Å²) < 4.78 is 21.4. The fraction of sp³-hybridized carbons (Fsp3) is 0.273. The predicted octanol–water partition coefficient (Wildman–Crippen LogP) is 2.65. The van der Waals surface area contributed by atoms with Gasteiger partial charge in [0.05, 0.1) is 7.11 Å². The summed E-state index contributed by atoms with van der Waals surface area (Å²) in [4.78, 5) is 23.8. The minimum atomic E-state index is -0.620. The van der Waals surface area contributed by atoms with E-state index in [2.05, 4.69) is 5.32 Å². The average Bonchev–Trinajstić information content (AvgIpc) is 2.75. The second-order valence-electron chi connectivity index (χ2n) is 6.39. The number of esters is 1. The van der Waals surface area contributed by atoms with Gasteiger partial charge in [-0.05, 0) is 41.8 Å². The lowest BCUT2D eigenvalue weighted by Crippen LogP contribution is -2.28. The molecule has 0 aliphatic carbocycles. The van der Waals surface area contributed by atoms with Gasteiger partial charge in [0.1, 0.15) is 13.2 Å². The Morgan fingerprint density at radius 1 is 1.17 bits per heavy atom. The predicted molar refractivity (Wildman–Crippen MR) is 107 cm³/mol. The highest BCUT2D eigenvalue weighted by molar-refractivity contribution is 5.89. The van der Waals surface area contributed by atoms with Gasteiger partial charge in [0.2, 0.25) is 5.75 Å². The first kappa shape index (κ1) is 20.3. The van der Waals surface area contributed by atoms with E-state index in [1.807, 2.05) is 31.2 Å². The van der Waals surface area contributed by atoms with E-state index in [9.17, 15) is 9.59 Å². The lowest BCUT2D eigenvalue weighted by molar-refractivity contribution is -0.143. The summed E-state index contributed by atoms with van der Waals surface area (Å²) in [6.45, 7) is 2.91. The molecule has 3 rings (SSSR count). The molecule has 0 radical (unpaired) electrons. The summed E-state index contributed by atoms with van der Waals surface area (Å²) in [6, 6.07) is 11.2. The SMILES string of the molecule is COc1cc(/C=C/C(=O)OCC(=O)NCc2ccccc2C)cc2c1OCCO2. The standard InChI is InChI=1S/C22H23NO6/c1-15-5-3-4-6-17(15)13-23-20(24)14-29-21(25)8-7-16-11-18(26-2)22-19(12-16)27-9-10-28-22/h3-8,11-12H,9-10,13-14H2,1-2H3,(H,23,24)/b8-7+. The van der Waals surface area contributed by atoms with Crippen molar-refractivity contribution < 1.29 is 28.5 Å². The number of fused-ring (bicyclic) bond motifs is 1. The fourth-order valence-electron chi connectivity index (χ4n) is 2.79. The first-order chi connectivity index (χ1) is 14.1. The molecule has 152 valence electrons. The van der Waals surface area contributed by atoms with Gasteiger partial charge in [0.15, 0.2) is 18.1 Å². The molecule has 1 amide bonds. The van der Waals surface area contributed by atoms with Crippen LogP contribution >= 0.6 is 0 Å². The third-order valence-electron chi connectivity index (χ3n) is 4.34. The van der Waals surface area contributed by atoms with Crippen molar-refractivity contribution >= 4 is 18.0 Å². The van der Waals surface area contributed by atoms with Gasteiger partial charge < -0.3 is 24.3 Å². The van der Waals surface area contributed by atoms with Crippen molar-refractivity contribution in [2.24, 2.45) is 0 Å². The van der Waals surface area contributed by atoms with Crippen LogP contribution in [-0.4, -0.2) is 38.8 Å². The molecule has 7 nitrogen and oxygen atoms in total. The molecule has 0 unspecified atom stereocenters. The number of aryl methyl sites for hydroxylation is 1. The van der Waals surface area contributed by atoms with Gasteiger partial charge in [-0.25, -0.2) is 4.79 Å². The zero-order valence-electron chi connectivity index (χ0n) is 16.4. The van der Waals surface area contributed by atoms with Crippen LogP contribution < -0.4 is 19.5 Å². The maximum absolute atomic E-state index is 11.9. The smallest absolute Gasteiger partial charge is 0.331 e. The molecule has 1 heterocycles. The third-order valence-corrected chi connectivity index (χ3v) is 4.34. The Kier molecular flexibility index (Phi) is 6.73. The van der Waals surface area contributed by atoms with Crippen molar-refractivity contribution in [3.8, 4) is 17.2 Å². The monoisotopic (exact) mass is 397 g/mol. The normalized spacial score (nSPS) is 12.5. The number of ether oxygens (including phenoxy) is 4. The molecule has 0 fully saturated rings. The van der Waals surface area contributed by atoms with Gasteiger partial charge in [0, 0.05) is 12.6 Å². The molecule has 0 saturated carbocycles. The maximum Gasteiger partial charge on any atom is 0.331 e. The highest BCUT2D eigenvalue weighted by atomic mass is 16.6. The molecule has 1 N–H and O–H groups in total. The van der Waals surface area contributed by atoms with Crippen LogP contribution in [0, 0.1) is 6.92 Å². The summed E-state index contributed by atoms with van der Waals surface area (Å²) in [5, 5.41) is 2.73. The summed E-state index contributed by atoms with van der Waals surface area (Å²) in [6.07, 6.45) is 2.81. The molecule has 0 spiro atoms. The number of hydrogen-bond donors (Lipinski definition) is 1. The number of amides is 1. The Labute approximate surface area is 169 Å². The van der Waals surface area contributed by atoms with Gasteiger partial charge in [-0.3, -0.25) is 4.79 Å². The fourth-order valence-corrected chi connectivity index (χ4v) is 2.79. The van der Waals surface area contributed by atoms with E-state index in [4.69, 9.17) is 18.9 Å². The molecular formula is C22H23NO6. The van der Waals surface area contributed by atoms with Gasteiger partial charge in [0.25, 0.3) is 5.91 Å². The van der Waals surface area contributed by atoms with Gasteiger partial charge >= 0.3 is 5.97 Å². The average molecular weight is 397 g/mol. The molecule has 2 aromatic carbocycles. The third kappa shape index (κ3) is 5.51. The van der Waals surface area contributed by atoms with Crippen LogP contribution in [0.1, 0.15) is 16.7 Å². The van der Waals surface area contributed by atoms with E-state index < -0.39 is 5.97 Å². The Morgan fingerprint density at radius 2 is 1.97 bits per heavy atom. The number of methoxy groups -OCH3 is 1. The number of rotatable bonds is 7. The quantitative estimate of drug-likeness (QED) is 0.571. The van der Waals surface area contributed by atoms with Crippen LogP contribution in [-0.2, 0) is 20.9 Å². The van der Waals surface area contributed by atoms with Gasteiger partial charge in [-0.2, -0.15) is 0 Å². The Balaban J connectivity index is 1.51. The van der Waals surface area contributed by atoms with Gasteiger partial charge in [-0.15, -0.1) is 0 Å². The number of benzene rings is 2. The van der Waals surface area contributed by atoms with Crippen molar-refractivity contribution in [3.63, 3.8) is 0 Å². The molecule has 29 heavy (non-hydrogen) atoms. The number of nitrogens with one attached hydrogen (secondary N) is 1. The molecule has 1 aliphatic rings. The largest absolute Gasteiger partial charge is 0.493 e. The summed E-state index contributed by atoms with van der Waals surface area (Å²) in [7, 11) is 1.53. The van der Waals surface area contributed by atoms with Crippen LogP contribution in [0.5, 0.6) is 17.2 Å². The lowest BCUT2D eigenvalue weighted by Gasteiger charge is -2.20. The molecule has 2 aromatic rings. The zero-order valence-corrected chi connectivity index (χ0v) is 16.4. The molecule has 0 saturated heterocycles. The van der Waals surface area contributed by atoms with E-state index in [0.717, 1.165) is 11.1 Å². The topological polar surface area (TPSA) is 83.1 Å². The van der Waals surface area contributed by atoms with E-state index >= 15 is 0 Å². The number of hydrogen-bond acceptors (Lipinski definition) is 6. The molecule has 0 bridgehead atoms. The minimum Gasteiger partial charge on any atom is -0.493 e. The van der Waals surface area contributed by atoms with Crippen LogP contribution in [0.15, 0.2) is 42.5 Å². The van der Waals surface area contributed by atoms with Crippen LogP contribution in [0.25, 0.3) is 6.08 Å². The van der Waals surface area contributed by atoms with E-state index in [1.165, 1.54) is 13.2 Å². The van der Waals surface area contributed by atoms with Crippen LogP contribution in [0.2, 0.25) is 0 Å². The Bertz CT molecular complexity index is 904. The summed E-state index contributed by atoms with van der Waals surface area (Å²) in [5.74, 6) is 0.634. The van der Waals surface area contributed by atoms with Crippen molar-refractivity contribution in [1.82, 2.24) is 5.32 Å². The maximum atomic E-state index is 11.9. The minimum absolute atomic E-state index is 0.348. The Morgan fingerprint density at radius 3 is 2.76 bits per heavy atom. The van der Waals surface area contributed by atoms with E-state index in [-0.39, 0.29) is 12.5 Å². The second-order valence-corrected chi connectivity index (χ2v) is 6.39. The first-order valence-corrected chi connectivity index (χ1v) is 9.20. The second kappa shape index (κ2) is 9.64. The molecular weight excluding hydrogens is 374 g/mol. The highest BCUT2D eigenvalue weighted by Gasteiger charge is 2.17. The van der Waals surface area contributed by atoms with Crippen molar-refractivity contribution in [3.05, 3.63) is 59.2 Å². The summed E-state index contributed by atoms with van der Waals surface area (Å²) in [5.41, 5.74) is 2.79. The zero-order chi connectivity index (χ0) is 20.6. The van der Waals surface area contributed by atoms with Crippen molar-refractivity contribution in [2.45, 2.75) is 13.5 Å². The molecule has 7 heteroatoms. The lowest BCUT2D eigenvalue weighted by atomic mass is 10.1. The van der Waals surface area contributed by atoms with Gasteiger partial charge in [-0.1, -0.05) is 24.3 Å². The summed E-state index contributed by atoms with van der Waals surface area (Å²) >= 11 is 0. The van der Waals surface area contributed by atoms with Crippen molar-refractivity contribution in [2.75, 3.05) is 26.9 Å². The number of carbonyl (C=O) groups is 2. The van der Waals surface area contributed by atoms with Crippen molar-refractivity contribution in [1.29, 1.82) is 0 Å². The Hall–Kier alpha value is -3.48. The van der Waals surface area contributed by atoms with Crippen LogP contribution in [0.4, 0.5) is 0 Å². The highest BCUT2D eigenvalue weighted by Crippen LogP contribution is 2.40. The van der Waals surface area contributed by atoms with E-state index in [0.29, 0.717) is 42.6 Å². The van der Waals surface area contributed by atoms with E-state index in [1.54, 1.807) is 18.2 Å². The van der Waals surface area contributed by atoms with Crippen LogP contribution in [0.3, 0.4) is 0 Å². The molecule has 0 atom stereocenters. The molecule has 0 aromatic heterocycles. The first-order valence-electron chi connectivity index (χ1n) is 9.20. The number of carbonyl (C=O) groups excluding carboxylic acids is 2. The molecule has 1 aliphatic heterocycles.